The van der Waals surface area contributed by atoms with Crippen molar-refractivity contribution < 1.29 is 13.7 Å². The Bertz CT molecular complexity index is 618. The lowest BCUT2D eigenvalue weighted by Crippen LogP contribution is -2.07. The van der Waals surface area contributed by atoms with Gasteiger partial charge in [-0.15, -0.1) is 0 Å². The second-order valence-electron chi connectivity index (χ2n) is 4.07. The van der Waals surface area contributed by atoms with Gasteiger partial charge in [-0.05, 0) is 24.1 Å². The van der Waals surface area contributed by atoms with Crippen LogP contribution >= 0.6 is 0 Å². The monoisotopic (exact) mass is 279 g/mol. The number of benzene rings is 1. The summed E-state index contributed by atoms with van der Waals surface area (Å²) in [7, 11) is 0. The predicted octanol–water partition coefficient (Wildman–Crippen LogP) is 2.92. The molecule has 20 heavy (non-hydrogen) atoms. The van der Waals surface area contributed by atoms with Gasteiger partial charge in [0.05, 0.1) is 4.92 Å². The fourth-order valence-electron chi connectivity index (χ4n) is 1.65. The smallest absolute Gasteiger partial charge is 0.287 e. The van der Waals surface area contributed by atoms with E-state index in [0.717, 1.165) is 12.3 Å². The molecule has 0 saturated carbocycles. The van der Waals surface area contributed by atoms with Crippen LogP contribution in [0.4, 0.5) is 20.3 Å². The highest BCUT2D eigenvalue weighted by molar-refractivity contribution is 5.40. The summed E-state index contributed by atoms with van der Waals surface area (Å²) < 4.78 is 26.1. The summed E-state index contributed by atoms with van der Waals surface area (Å²) in [5, 5.41) is 13.4. The topological polar surface area (TPSA) is 68.1 Å². The first kappa shape index (κ1) is 13.9. The van der Waals surface area contributed by atoms with Gasteiger partial charge in [0.1, 0.15) is 23.6 Å². The van der Waals surface area contributed by atoms with Gasteiger partial charge in [0.2, 0.25) is 0 Å². The van der Waals surface area contributed by atoms with Crippen molar-refractivity contribution in [3.8, 4) is 0 Å². The van der Waals surface area contributed by atoms with E-state index in [1.54, 1.807) is 0 Å². The van der Waals surface area contributed by atoms with Crippen LogP contribution in [0.3, 0.4) is 0 Å². The van der Waals surface area contributed by atoms with Crippen molar-refractivity contribution in [3.05, 3.63) is 63.8 Å². The lowest BCUT2D eigenvalue weighted by molar-refractivity contribution is -0.385. The Labute approximate surface area is 113 Å². The van der Waals surface area contributed by atoms with Gasteiger partial charge in [0, 0.05) is 18.7 Å². The molecule has 5 nitrogen and oxygen atoms in total. The van der Waals surface area contributed by atoms with E-state index in [2.05, 4.69) is 10.3 Å². The molecule has 0 fully saturated rings. The van der Waals surface area contributed by atoms with E-state index < -0.39 is 16.6 Å². The summed E-state index contributed by atoms with van der Waals surface area (Å²) in [4.78, 5) is 13.8. The average Bonchev–Trinajstić information content (AvgIpc) is 2.42. The van der Waals surface area contributed by atoms with Crippen molar-refractivity contribution in [1.82, 2.24) is 4.98 Å². The maximum atomic E-state index is 13.4. The molecule has 1 aromatic heterocycles. The molecule has 0 aliphatic rings. The van der Waals surface area contributed by atoms with Crippen molar-refractivity contribution in [1.29, 1.82) is 0 Å². The first-order valence-corrected chi connectivity index (χ1v) is 5.84. The number of aromatic nitrogens is 1. The second-order valence-corrected chi connectivity index (χ2v) is 4.07. The van der Waals surface area contributed by atoms with Crippen LogP contribution in [0, 0.1) is 21.7 Å². The summed E-state index contributed by atoms with van der Waals surface area (Å²) in [6, 6.07) is 6.21. The molecule has 0 radical (unpaired) electrons. The molecule has 0 atom stereocenters. The van der Waals surface area contributed by atoms with Crippen molar-refractivity contribution in [3.63, 3.8) is 0 Å². The molecule has 2 rings (SSSR count). The Hall–Kier alpha value is -2.57. The molecule has 0 amide bonds. The largest absolute Gasteiger partial charge is 0.370 e. The fraction of sp³-hybridized carbons (Fsp3) is 0.154. The van der Waals surface area contributed by atoms with Crippen LogP contribution < -0.4 is 5.32 Å². The van der Waals surface area contributed by atoms with Crippen molar-refractivity contribution in [2.75, 3.05) is 11.9 Å². The van der Waals surface area contributed by atoms with Gasteiger partial charge in [0.25, 0.3) is 5.69 Å². The molecule has 104 valence electrons. The highest BCUT2D eigenvalue weighted by Crippen LogP contribution is 2.13. The molecule has 1 heterocycles. The summed E-state index contributed by atoms with van der Waals surface area (Å²) in [5.41, 5.74) is 0.293. The maximum Gasteiger partial charge on any atom is 0.287 e. The Morgan fingerprint density at radius 1 is 1.25 bits per heavy atom. The number of hydrogen-bond donors (Lipinski definition) is 1. The Kier molecular flexibility index (Phi) is 4.19. The Morgan fingerprint density at radius 3 is 2.65 bits per heavy atom. The van der Waals surface area contributed by atoms with E-state index in [0.29, 0.717) is 24.3 Å². The molecule has 0 aliphatic carbocycles. The van der Waals surface area contributed by atoms with Crippen LogP contribution in [0.25, 0.3) is 0 Å². The zero-order chi connectivity index (χ0) is 14.5. The molecule has 0 saturated heterocycles. The van der Waals surface area contributed by atoms with Crippen LogP contribution in [0.15, 0.2) is 36.5 Å². The number of halogens is 2. The molecule has 0 spiro atoms. The van der Waals surface area contributed by atoms with Gasteiger partial charge in [-0.25, -0.2) is 13.8 Å². The van der Waals surface area contributed by atoms with Gasteiger partial charge >= 0.3 is 0 Å². The molecule has 0 unspecified atom stereocenters. The minimum atomic E-state index is -0.615. The summed E-state index contributed by atoms with van der Waals surface area (Å²) in [6.07, 6.45) is 1.49. The molecule has 0 aliphatic heterocycles. The Morgan fingerprint density at radius 2 is 2.05 bits per heavy atom. The summed E-state index contributed by atoms with van der Waals surface area (Å²) in [5.74, 6) is -0.752. The lowest BCUT2D eigenvalue weighted by atomic mass is 10.1. The minimum absolute atomic E-state index is 0.0971. The third-order valence-corrected chi connectivity index (χ3v) is 2.67. The van der Waals surface area contributed by atoms with E-state index >= 15 is 0 Å². The first-order chi connectivity index (χ1) is 9.56. The zero-order valence-electron chi connectivity index (χ0n) is 10.3. The molecule has 0 bridgehead atoms. The van der Waals surface area contributed by atoms with Gasteiger partial charge < -0.3 is 5.32 Å². The number of hydrogen-bond acceptors (Lipinski definition) is 4. The van der Waals surface area contributed by atoms with E-state index in [4.69, 9.17) is 0 Å². The number of nitro groups is 1. The highest BCUT2D eigenvalue weighted by atomic mass is 19.1. The molecular formula is C13H11F2N3O2. The molecular weight excluding hydrogens is 268 g/mol. The quantitative estimate of drug-likeness (QED) is 0.675. The van der Waals surface area contributed by atoms with E-state index in [1.165, 1.54) is 24.3 Å². The third kappa shape index (κ3) is 3.47. The van der Waals surface area contributed by atoms with Gasteiger partial charge in [-0.1, -0.05) is 6.07 Å². The van der Waals surface area contributed by atoms with Crippen molar-refractivity contribution >= 4 is 11.5 Å². The summed E-state index contributed by atoms with van der Waals surface area (Å²) >= 11 is 0. The van der Waals surface area contributed by atoms with Crippen LogP contribution in [0.2, 0.25) is 0 Å². The Balaban J connectivity index is 1.91. The normalized spacial score (nSPS) is 10.3. The van der Waals surface area contributed by atoms with Crippen LogP contribution in [0.5, 0.6) is 0 Å². The molecule has 1 N–H and O–H groups in total. The third-order valence-electron chi connectivity index (χ3n) is 2.67. The van der Waals surface area contributed by atoms with E-state index in [-0.39, 0.29) is 5.69 Å². The number of pyridine rings is 1. The fourth-order valence-corrected chi connectivity index (χ4v) is 1.65. The molecule has 1 aromatic carbocycles. The van der Waals surface area contributed by atoms with Crippen LogP contribution in [-0.4, -0.2) is 16.5 Å². The minimum Gasteiger partial charge on any atom is -0.370 e. The first-order valence-electron chi connectivity index (χ1n) is 5.84. The molecule has 7 heteroatoms. The number of nitrogens with one attached hydrogen (secondary N) is 1. The van der Waals surface area contributed by atoms with Crippen LogP contribution in [0.1, 0.15) is 5.56 Å². The standard InChI is InChI=1S/C13H11F2N3O2/c14-10-2-1-9(12(15)7-10)5-6-16-13-4-3-11(8-17-13)18(19)20/h1-4,7-8H,5-6H2,(H,16,17). The molecule has 2 aromatic rings. The van der Waals surface area contributed by atoms with Crippen molar-refractivity contribution in [2.45, 2.75) is 6.42 Å². The maximum absolute atomic E-state index is 13.4. The van der Waals surface area contributed by atoms with Gasteiger partial charge in [0.15, 0.2) is 0 Å². The summed E-state index contributed by atoms with van der Waals surface area (Å²) in [6.45, 7) is 0.382. The zero-order valence-corrected chi connectivity index (χ0v) is 10.3. The van der Waals surface area contributed by atoms with Crippen molar-refractivity contribution in [2.24, 2.45) is 0 Å². The SMILES string of the molecule is O=[N+]([O-])c1ccc(NCCc2ccc(F)cc2F)nc1. The average molecular weight is 279 g/mol. The predicted molar refractivity (Wildman–Crippen MR) is 69.4 cm³/mol. The van der Waals surface area contributed by atoms with Gasteiger partial charge in [-0.3, -0.25) is 10.1 Å². The number of anilines is 1. The highest BCUT2D eigenvalue weighted by Gasteiger charge is 2.06. The van der Waals surface area contributed by atoms with E-state index in [9.17, 15) is 18.9 Å². The number of rotatable bonds is 5. The van der Waals surface area contributed by atoms with E-state index in [1.807, 2.05) is 0 Å². The van der Waals surface area contributed by atoms with Gasteiger partial charge in [-0.2, -0.15) is 0 Å². The second kappa shape index (κ2) is 6.05. The van der Waals surface area contributed by atoms with Crippen LogP contribution in [-0.2, 0) is 6.42 Å². The lowest BCUT2D eigenvalue weighted by Gasteiger charge is -2.06. The number of nitrogens with zero attached hydrogens (tertiary/aromatic N) is 2.